The van der Waals surface area contributed by atoms with E-state index in [0.29, 0.717) is 19.5 Å². The van der Waals surface area contributed by atoms with E-state index in [0.717, 1.165) is 25.7 Å². The van der Waals surface area contributed by atoms with Crippen LogP contribution < -0.4 is 11.1 Å². The monoisotopic (exact) mass is 256 g/mol. The minimum Gasteiger partial charge on any atom is -0.388 e. The number of rotatable bonds is 5. The summed E-state index contributed by atoms with van der Waals surface area (Å²) in [7, 11) is 0. The molecule has 0 heterocycles. The maximum atomic E-state index is 12.1. The minimum absolute atomic E-state index is 0.0369. The quantitative estimate of drug-likeness (QED) is 0.653. The topological polar surface area (TPSA) is 75.4 Å². The molecule has 1 saturated carbocycles. The van der Waals surface area contributed by atoms with Crippen LogP contribution in [0.1, 0.15) is 58.8 Å². The molecule has 0 aromatic heterocycles. The average Bonchev–Trinajstić information content (AvgIpc) is 2.60. The van der Waals surface area contributed by atoms with Crippen LogP contribution >= 0.6 is 0 Å². The molecule has 1 unspecified atom stereocenters. The number of nitrogens with two attached hydrogens (primary N) is 1. The first-order chi connectivity index (χ1) is 8.46. The highest BCUT2D eigenvalue weighted by Gasteiger charge is 2.33. The summed E-state index contributed by atoms with van der Waals surface area (Å²) < 4.78 is 0. The number of carbonyl (C=O) groups is 1. The lowest BCUT2D eigenvalue weighted by atomic mass is 9.86. The first-order valence-electron chi connectivity index (χ1n) is 7.16. The molecule has 1 fully saturated rings. The Labute approximate surface area is 110 Å². The second kappa shape index (κ2) is 6.53. The van der Waals surface area contributed by atoms with Crippen molar-refractivity contribution in [2.24, 2.45) is 11.1 Å². The van der Waals surface area contributed by atoms with Crippen LogP contribution in [0.5, 0.6) is 0 Å². The zero-order chi connectivity index (χ0) is 13.6. The van der Waals surface area contributed by atoms with Gasteiger partial charge in [0.1, 0.15) is 0 Å². The van der Waals surface area contributed by atoms with Gasteiger partial charge in [0.25, 0.3) is 0 Å². The van der Waals surface area contributed by atoms with Crippen molar-refractivity contribution in [1.29, 1.82) is 0 Å². The molecule has 4 heteroatoms. The average molecular weight is 256 g/mol. The summed E-state index contributed by atoms with van der Waals surface area (Å²) in [5, 5.41) is 13.4. The standard InChI is InChI=1S/C14H28N2O2/c1-3-13(2,10-15)12(17)16-11-14(18)8-6-4-5-7-9-14/h18H,3-11,15H2,1-2H3,(H,16,17). The Hall–Kier alpha value is -0.610. The third kappa shape index (κ3) is 3.95. The first kappa shape index (κ1) is 15.4. The maximum absolute atomic E-state index is 12.1. The maximum Gasteiger partial charge on any atom is 0.227 e. The van der Waals surface area contributed by atoms with Crippen molar-refractivity contribution < 1.29 is 9.90 Å². The lowest BCUT2D eigenvalue weighted by Gasteiger charge is -2.30. The molecular weight excluding hydrogens is 228 g/mol. The van der Waals surface area contributed by atoms with Crippen LogP contribution in [0.4, 0.5) is 0 Å². The Bertz CT molecular complexity index is 267. The van der Waals surface area contributed by atoms with Gasteiger partial charge in [0.05, 0.1) is 11.0 Å². The van der Waals surface area contributed by atoms with Crippen LogP contribution in [0.2, 0.25) is 0 Å². The lowest BCUT2D eigenvalue weighted by Crippen LogP contribution is -2.49. The van der Waals surface area contributed by atoms with E-state index in [4.69, 9.17) is 5.73 Å². The summed E-state index contributed by atoms with van der Waals surface area (Å²) in [4.78, 5) is 12.1. The van der Waals surface area contributed by atoms with E-state index in [1.165, 1.54) is 12.8 Å². The molecule has 0 spiro atoms. The molecule has 18 heavy (non-hydrogen) atoms. The van der Waals surface area contributed by atoms with Crippen LogP contribution in [0, 0.1) is 5.41 Å². The summed E-state index contributed by atoms with van der Waals surface area (Å²) in [6.45, 7) is 4.54. The highest BCUT2D eigenvalue weighted by atomic mass is 16.3. The predicted octanol–water partition coefficient (Wildman–Crippen LogP) is 1.56. The molecule has 1 amide bonds. The molecule has 106 valence electrons. The Kier molecular flexibility index (Phi) is 5.60. The highest BCUT2D eigenvalue weighted by Crippen LogP contribution is 2.27. The van der Waals surface area contributed by atoms with Crippen molar-refractivity contribution in [2.75, 3.05) is 13.1 Å². The molecule has 0 aromatic rings. The fourth-order valence-electron chi connectivity index (χ4n) is 2.42. The van der Waals surface area contributed by atoms with Gasteiger partial charge in [-0.15, -0.1) is 0 Å². The van der Waals surface area contributed by atoms with Crippen LogP contribution in [0.25, 0.3) is 0 Å². The van der Waals surface area contributed by atoms with Gasteiger partial charge >= 0.3 is 0 Å². The third-order valence-electron chi connectivity index (χ3n) is 4.39. The number of nitrogens with one attached hydrogen (secondary N) is 1. The third-order valence-corrected chi connectivity index (χ3v) is 4.39. The van der Waals surface area contributed by atoms with Crippen molar-refractivity contribution in [2.45, 2.75) is 64.4 Å². The fourth-order valence-corrected chi connectivity index (χ4v) is 2.42. The van der Waals surface area contributed by atoms with Gasteiger partial charge in [-0.25, -0.2) is 0 Å². The number of amides is 1. The first-order valence-corrected chi connectivity index (χ1v) is 7.16. The van der Waals surface area contributed by atoms with Gasteiger partial charge in [-0.05, 0) is 26.2 Å². The smallest absolute Gasteiger partial charge is 0.227 e. The fraction of sp³-hybridized carbons (Fsp3) is 0.929. The molecule has 0 bridgehead atoms. The van der Waals surface area contributed by atoms with Gasteiger partial charge in [0.15, 0.2) is 0 Å². The van der Waals surface area contributed by atoms with E-state index in [1.54, 1.807) is 0 Å². The predicted molar refractivity (Wildman–Crippen MR) is 73.1 cm³/mol. The molecule has 1 rings (SSSR count). The molecule has 1 atom stereocenters. The molecule has 1 aliphatic carbocycles. The van der Waals surface area contributed by atoms with Gasteiger partial charge in [-0.2, -0.15) is 0 Å². The number of carbonyl (C=O) groups excluding carboxylic acids is 1. The summed E-state index contributed by atoms with van der Waals surface area (Å²) in [5.74, 6) is -0.0369. The van der Waals surface area contributed by atoms with Gasteiger partial charge in [-0.3, -0.25) is 4.79 Å². The van der Waals surface area contributed by atoms with E-state index >= 15 is 0 Å². The van der Waals surface area contributed by atoms with Gasteiger partial charge in [0.2, 0.25) is 5.91 Å². The number of aliphatic hydroxyl groups is 1. The van der Waals surface area contributed by atoms with E-state index in [2.05, 4.69) is 5.32 Å². The largest absolute Gasteiger partial charge is 0.388 e. The van der Waals surface area contributed by atoms with Crippen molar-refractivity contribution in [3.63, 3.8) is 0 Å². The van der Waals surface area contributed by atoms with Crippen LogP contribution in [0.3, 0.4) is 0 Å². The Balaban J connectivity index is 2.50. The zero-order valence-corrected chi connectivity index (χ0v) is 11.8. The molecule has 4 N–H and O–H groups in total. The molecule has 1 aliphatic rings. The van der Waals surface area contributed by atoms with E-state index in [1.807, 2.05) is 13.8 Å². The Morgan fingerprint density at radius 2 is 1.89 bits per heavy atom. The molecule has 0 aromatic carbocycles. The van der Waals surface area contributed by atoms with Crippen molar-refractivity contribution in [3.8, 4) is 0 Å². The van der Waals surface area contributed by atoms with Crippen LogP contribution in [-0.4, -0.2) is 29.7 Å². The number of hydrogen-bond acceptors (Lipinski definition) is 3. The van der Waals surface area contributed by atoms with Crippen molar-refractivity contribution in [1.82, 2.24) is 5.32 Å². The summed E-state index contributed by atoms with van der Waals surface area (Å²) >= 11 is 0. The van der Waals surface area contributed by atoms with E-state index < -0.39 is 11.0 Å². The summed E-state index contributed by atoms with van der Waals surface area (Å²) in [6, 6.07) is 0. The summed E-state index contributed by atoms with van der Waals surface area (Å²) in [6.07, 6.45) is 6.77. The van der Waals surface area contributed by atoms with E-state index in [9.17, 15) is 9.90 Å². The molecule has 0 radical (unpaired) electrons. The Morgan fingerprint density at radius 1 is 1.33 bits per heavy atom. The molecule has 0 aliphatic heterocycles. The highest BCUT2D eigenvalue weighted by molar-refractivity contribution is 5.82. The van der Waals surface area contributed by atoms with E-state index in [-0.39, 0.29) is 5.91 Å². The second-order valence-corrected chi connectivity index (χ2v) is 5.94. The zero-order valence-electron chi connectivity index (χ0n) is 11.8. The molecular formula is C14H28N2O2. The van der Waals surface area contributed by atoms with Gasteiger partial charge in [-0.1, -0.05) is 32.6 Å². The Morgan fingerprint density at radius 3 is 2.33 bits per heavy atom. The van der Waals surface area contributed by atoms with Crippen molar-refractivity contribution in [3.05, 3.63) is 0 Å². The second-order valence-electron chi connectivity index (χ2n) is 5.94. The normalized spacial score (nSPS) is 22.9. The lowest BCUT2D eigenvalue weighted by molar-refractivity contribution is -0.131. The SMILES string of the molecule is CCC(C)(CN)C(=O)NCC1(O)CCCCCC1. The van der Waals surface area contributed by atoms with Crippen LogP contribution in [0.15, 0.2) is 0 Å². The summed E-state index contributed by atoms with van der Waals surface area (Å²) in [5.41, 5.74) is 4.44. The van der Waals surface area contributed by atoms with Crippen molar-refractivity contribution >= 4 is 5.91 Å². The van der Waals surface area contributed by atoms with Crippen LogP contribution in [-0.2, 0) is 4.79 Å². The number of hydrogen-bond donors (Lipinski definition) is 3. The van der Waals surface area contributed by atoms with Gasteiger partial charge in [0, 0.05) is 13.1 Å². The molecule has 0 saturated heterocycles. The van der Waals surface area contributed by atoms with Gasteiger partial charge < -0.3 is 16.2 Å². The minimum atomic E-state index is -0.713. The molecule has 4 nitrogen and oxygen atoms in total.